The molecule has 0 aliphatic carbocycles. The van der Waals surface area contributed by atoms with Crippen LogP contribution in [-0.2, 0) is 19.6 Å². The summed E-state index contributed by atoms with van der Waals surface area (Å²) in [5.41, 5.74) is 1.46. The summed E-state index contributed by atoms with van der Waals surface area (Å²) in [7, 11) is -3.78. The van der Waals surface area contributed by atoms with E-state index in [0.717, 1.165) is 10.9 Å². The molecule has 1 saturated heterocycles. The molecule has 1 unspecified atom stereocenters. The number of hydrogen-bond acceptors (Lipinski definition) is 6. The van der Waals surface area contributed by atoms with Crippen molar-refractivity contribution in [3.05, 3.63) is 71.3 Å². The van der Waals surface area contributed by atoms with Crippen LogP contribution in [0.2, 0.25) is 5.02 Å². The number of benzene rings is 2. The van der Waals surface area contributed by atoms with Gasteiger partial charge in [0, 0.05) is 53.9 Å². The average Bonchev–Trinajstić information content (AvgIpc) is 3.52. The molecule has 12 heteroatoms. The fraction of sp³-hybridized carbons (Fsp3) is 0.208. The van der Waals surface area contributed by atoms with Crippen LogP contribution in [-0.4, -0.2) is 54.3 Å². The van der Waals surface area contributed by atoms with Gasteiger partial charge in [0.25, 0.3) is 10.0 Å². The molecule has 1 aliphatic heterocycles. The van der Waals surface area contributed by atoms with Gasteiger partial charge in [-0.05, 0) is 55.5 Å². The Hall–Kier alpha value is -3.41. The number of sulfonamides is 1. The molecule has 2 aromatic heterocycles. The van der Waals surface area contributed by atoms with E-state index in [1.807, 2.05) is 35.9 Å². The van der Waals surface area contributed by atoms with Crippen molar-refractivity contribution in [2.75, 3.05) is 29.3 Å². The number of fused-ring (bicyclic) bond motifs is 1. The molecule has 1 atom stereocenters. The summed E-state index contributed by atoms with van der Waals surface area (Å²) in [4.78, 5) is 33.3. The summed E-state index contributed by atoms with van der Waals surface area (Å²) in [5, 5.41) is 3.52. The monoisotopic (exact) mass is 545 g/mol. The van der Waals surface area contributed by atoms with Gasteiger partial charge < -0.3 is 14.4 Å². The molecule has 0 bridgehead atoms. The molecule has 188 valence electrons. The Morgan fingerprint density at radius 2 is 1.94 bits per heavy atom. The standard InChI is InChI=1S/C24H22ClN5O4S2.H2/c1-16(29-10-8-17-14-18(25)2-7-21(17)29)23(32)28-11-12-30(22(31)15-28)19-3-5-20(6-4-19)36(33,34)27-24-26-9-13-35-24;/h2-10,13-14,16H,11-12,15H2,1H3,(H,26,27);1H. The minimum atomic E-state index is -3.78. The number of nitrogens with one attached hydrogen (secondary N) is 1. The molecule has 0 radical (unpaired) electrons. The molecule has 1 aliphatic rings. The van der Waals surface area contributed by atoms with Crippen molar-refractivity contribution >= 4 is 66.5 Å². The van der Waals surface area contributed by atoms with E-state index in [1.54, 1.807) is 33.4 Å². The minimum Gasteiger partial charge on any atom is -0.335 e. The van der Waals surface area contributed by atoms with Gasteiger partial charge in [0.1, 0.15) is 12.6 Å². The molecule has 0 spiro atoms. The molecule has 1 N–H and O–H groups in total. The zero-order valence-corrected chi connectivity index (χ0v) is 21.6. The average molecular weight is 546 g/mol. The molecule has 1 fully saturated rings. The number of carbonyl (C=O) groups is 2. The fourth-order valence-corrected chi connectivity index (χ4v) is 6.21. The van der Waals surface area contributed by atoms with Crippen LogP contribution in [0.3, 0.4) is 0 Å². The van der Waals surface area contributed by atoms with E-state index in [4.69, 9.17) is 11.6 Å². The zero-order chi connectivity index (χ0) is 25.4. The quantitative estimate of drug-likeness (QED) is 0.390. The summed E-state index contributed by atoms with van der Waals surface area (Å²) in [5.74, 6) is -0.382. The Morgan fingerprint density at radius 1 is 1.17 bits per heavy atom. The third kappa shape index (κ3) is 4.69. The summed E-state index contributed by atoms with van der Waals surface area (Å²) in [6, 6.07) is 13.0. The number of amides is 2. The number of halogens is 1. The second kappa shape index (κ2) is 9.57. The lowest BCUT2D eigenvalue weighted by Gasteiger charge is -2.35. The first-order valence-electron chi connectivity index (χ1n) is 11.1. The van der Waals surface area contributed by atoms with E-state index >= 15 is 0 Å². The van der Waals surface area contributed by atoms with Crippen molar-refractivity contribution in [3.8, 4) is 0 Å². The van der Waals surface area contributed by atoms with Gasteiger partial charge in [-0.1, -0.05) is 11.6 Å². The van der Waals surface area contributed by atoms with E-state index in [1.165, 1.54) is 29.7 Å². The number of rotatable bonds is 6. The SMILES string of the molecule is CC(C(=O)N1CCN(c2ccc(S(=O)(=O)Nc3nccs3)cc2)C(=O)C1)n1ccc2cc(Cl)ccc21.[HH]. The van der Waals surface area contributed by atoms with Crippen LogP contribution < -0.4 is 9.62 Å². The highest BCUT2D eigenvalue weighted by molar-refractivity contribution is 7.93. The number of thiazole rings is 1. The molecule has 3 heterocycles. The minimum absolute atomic E-state index is 0. The van der Waals surface area contributed by atoms with Crippen molar-refractivity contribution in [1.82, 2.24) is 14.5 Å². The van der Waals surface area contributed by atoms with Gasteiger partial charge in [0.2, 0.25) is 11.8 Å². The summed E-state index contributed by atoms with van der Waals surface area (Å²) >= 11 is 7.25. The molecular formula is C24H24ClN5O4S2. The molecule has 4 aromatic rings. The Kier molecular flexibility index (Phi) is 6.45. The Morgan fingerprint density at radius 3 is 2.64 bits per heavy atom. The first kappa shape index (κ1) is 24.3. The predicted octanol–water partition coefficient (Wildman–Crippen LogP) is 4.23. The van der Waals surface area contributed by atoms with Crippen LogP contribution in [0.15, 0.2) is 71.2 Å². The highest BCUT2D eigenvalue weighted by Crippen LogP contribution is 2.26. The van der Waals surface area contributed by atoms with Crippen LogP contribution in [0.5, 0.6) is 0 Å². The number of nitrogens with zero attached hydrogens (tertiary/aromatic N) is 4. The van der Waals surface area contributed by atoms with Crippen molar-refractivity contribution in [2.24, 2.45) is 0 Å². The van der Waals surface area contributed by atoms with Crippen LogP contribution in [0.1, 0.15) is 14.4 Å². The number of aromatic nitrogens is 2. The van der Waals surface area contributed by atoms with Crippen molar-refractivity contribution in [3.63, 3.8) is 0 Å². The van der Waals surface area contributed by atoms with Crippen molar-refractivity contribution < 1.29 is 19.4 Å². The fourth-order valence-electron chi connectivity index (χ4n) is 4.24. The Labute approximate surface area is 218 Å². The van der Waals surface area contributed by atoms with E-state index in [2.05, 4.69) is 9.71 Å². The van der Waals surface area contributed by atoms with Crippen LogP contribution in [0, 0.1) is 0 Å². The Bertz CT molecular complexity index is 1540. The lowest BCUT2D eigenvalue weighted by Crippen LogP contribution is -2.53. The Balaban J connectivity index is 0.00000320. The van der Waals surface area contributed by atoms with Crippen LogP contribution in [0.25, 0.3) is 10.9 Å². The maximum absolute atomic E-state index is 13.2. The topological polar surface area (TPSA) is 105 Å². The molecule has 5 rings (SSSR count). The van der Waals surface area contributed by atoms with Gasteiger partial charge in [0.05, 0.1) is 4.90 Å². The maximum Gasteiger partial charge on any atom is 0.263 e. The van der Waals surface area contributed by atoms with Gasteiger partial charge in [-0.25, -0.2) is 13.4 Å². The first-order chi connectivity index (χ1) is 17.2. The van der Waals surface area contributed by atoms with Crippen LogP contribution >= 0.6 is 22.9 Å². The maximum atomic E-state index is 13.2. The second-order valence-corrected chi connectivity index (χ2v) is 11.4. The van der Waals surface area contributed by atoms with E-state index in [0.29, 0.717) is 23.8 Å². The van der Waals surface area contributed by atoms with Gasteiger partial charge in [-0.3, -0.25) is 14.3 Å². The predicted molar refractivity (Wildman–Crippen MR) is 142 cm³/mol. The number of anilines is 2. The van der Waals surface area contributed by atoms with Gasteiger partial charge >= 0.3 is 0 Å². The van der Waals surface area contributed by atoms with Crippen molar-refractivity contribution in [1.29, 1.82) is 0 Å². The van der Waals surface area contributed by atoms with Gasteiger partial charge in [0.15, 0.2) is 5.13 Å². The number of piperazine rings is 1. The smallest absolute Gasteiger partial charge is 0.263 e. The lowest BCUT2D eigenvalue weighted by atomic mass is 10.2. The third-order valence-corrected chi connectivity index (χ3v) is 8.51. The summed E-state index contributed by atoms with van der Waals surface area (Å²) in [6.07, 6.45) is 3.36. The van der Waals surface area contributed by atoms with Gasteiger partial charge in [-0.2, -0.15) is 0 Å². The lowest BCUT2D eigenvalue weighted by molar-refractivity contribution is -0.139. The highest BCUT2D eigenvalue weighted by atomic mass is 35.5. The van der Waals surface area contributed by atoms with Gasteiger partial charge in [-0.15, -0.1) is 11.3 Å². The summed E-state index contributed by atoms with van der Waals surface area (Å²) < 4.78 is 29.4. The molecular weight excluding hydrogens is 522 g/mol. The van der Waals surface area contributed by atoms with Crippen LogP contribution in [0.4, 0.5) is 10.8 Å². The largest absolute Gasteiger partial charge is 0.335 e. The summed E-state index contributed by atoms with van der Waals surface area (Å²) in [6.45, 7) is 2.43. The molecule has 2 aromatic carbocycles. The number of hydrogen-bond donors (Lipinski definition) is 1. The van der Waals surface area contributed by atoms with E-state index in [-0.39, 0.29) is 29.8 Å². The third-order valence-electron chi connectivity index (χ3n) is 6.10. The zero-order valence-electron chi connectivity index (χ0n) is 19.2. The second-order valence-electron chi connectivity index (χ2n) is 8.34. The molecule has 9 nitrogen and oxygen atoms in total. The highest BCUT2D eigenvalue weighted by Gasteiger charge is 2.31. The van der Waals surface area contributed by atoms with E-state index < -0.39 is 16.1 Å². The number of carbonyl (C=O) groups excluding carboxylic acids is 2. The first-order valence-corrected chi connectivity index (χ1v) is 13.8. The molecule has 0 saturated carbocycles. The molecule has 2 amide bonds. The van der Waals surface area contributed by atoms with E-state index in [9.17, 15) is 18.0 Å². The van der Waals surface area contributed by atoms with Crippen molar-refractivity contribution in [2.45, 2.75) is 17.9 Å². The normalized spacial score (nSPS) is 15.3. The molecule has 36 heavy (non-hydrogen) atoms.